The highest BCUT2D eigenvalue weighted by Crippen LogP contribution is 2.20. The van der Waals surface area contributed by atoms with Crippen molar-refractivity contribution >= 4 is 38.9 Å². The first kappa shape index (κ1) is 14.1. The van der Waals surface area contributed by atoms with Crippen LogP contribution in [0.15, 0.2) is 32.9 Å². The van der Waals surface area contributed by atoms with Gasteiger partial charge in [-0.2, -0.15) is 0 Å². The normalized spacial score (nSPS) is 11.6. The maximum atomic E-state index is 11.9. The molecule has 2 aromatic heterocycles. The van der Waals surface area contributed by atoms with E-state index in [0.717, 1.165) is 17.4 Å². The summed E-state index contributed by atoms with van der Waals surface area (Å²) in [6.07, 6.45) is 0. The smallest absolute Gasteiger partial charge is 0.345 e. The van der Waals surface area contributed by atoms with Crippen LogP contribution in [-0.4, -0.2) is 19.5 Å². The van der Waals surface area contributed by atoms with E-state index in [1.807, 2.05) is 0 Å². The minimum absolute atomic E-state index is 0.0404. The highest BCUT2D eigenvalue weighted by molar-refractivity contribution is 7.89. The lowest BCUT2D eigenvalue weighted by Gasteiger charge is -2.02. The number of thiophene rings is 1. The Morgan fingerprint density at radius 2 is 2.21 bits per heavy atom. The van der Waals surface area contributed by atoms with Gasteiger partial charge in [-0.05, 0) is 29.8 Å². The van der Waals surface area contributed by atoms with E-state index in [0.29, 0.717) is 5.76 Å². The van der Waals surface area contributed by atoms with Crippen molar-refractivity contribution in [1.82, 2.24) is 4.72 Å². The molecule has 0 radical (unpaired) electrons. The lowest BCUT2D eigenvalue weighted by molar-refractivity contribution is 0.0702. The first-order valence-corrected chi connectivity index (χ1v) is 7.68. The molecule has 0 aliphatic rings. The Kier molecular flexibility index (Phi) is 3.95. The Morgan fingerprint density at radius 3 is 2.74 bits per heavy atom. The van der Waals surface area contributed by atoms with Crippen molar-refractivity contribution in [1.29, 1.82) is 0 Å². The number of halogens is 1. The van der Waals surface area contributed by atoms with Gasteiger partial charge in [-0.1, -0.05) is 0 Å². The molecule has 19 heavy (non-hydrogen) atoms. The topological polar surface area (TPSA) is 96.6 Å². The van der Waals surface area contributed by atoms with Crippen LogP contribution >= 0.6 is 22.9 Å². The van der Waals surface area contributed by atoms with E-state index in [4.69, 9.17) is 21.1 Å². The van der Waals surface area contributed by atoms with E-state index < -0.39 is 16.0 Å². The largest absolute Gasteiger partial charge is 0.477 e. The molecule has 0 aliphatic carbocycles. The molecule has 0 spiro atoms. The van der Waals surface area contributed by atoms with Crippen molar-refractivity contribution in [3.8, 4) is 0 Å². The van der Waals surface area contributed by atoms with E-state index in [1.54, 1.807) is 6.07 Å². The summed E-state index contributed by atoms with van der Waals surface area (Å²) < 4.78 is 31.0. The van der Waals surface area contributed by atoms with Crippen molar-refractivity contribution < 1.29 is 22.7 Å². The maximum Gasteiger partial charge on any atom is 0.345 e. The number of hydrogen-bond acceptors (Lipinski definition) is 5. The number of sulfonamides is 1. The number of carboxylic acid groups (broad SMARTS) is 1. The SMILES string of the molecule is O=C(O)c1cc(S(=O)(=O)NCc2ccc(Cl)o2)cs1. The first-order chi connectivity index (χ1) is 8.88. The van der Waals surface area contributed by atoms with E-state index >= 15 is 0 Å². The molecule has 102 valence electrons. The second-order valence-electron chi connectivity index (χ2n) is 3.48. The Labute approximate surface area is 117 Å². The average Bonchev–Trinajstić information content (AvgIpc) is 2.95. The van der Waals surface area contributed by atoms with Gasteiger partial charge in [0.2, 0.25) is 10.0 Å². The molecule has 2 heterocycles. The summed E-state index contributed by atoms with van der Waals surface area (Å²) in [7, 11) is -3.77. The molecule has 0 aromatic carbocycles. The second kappa shape index (κ2) is 5.33. The highest BCUT2D eigenvalue weighted by Gasteiger charge is 2.18. The third kappa shape index (κ3) is 3.35. The zero-order valence-electron chi connectivity index (χ0n) is 9.29. The summed E-state index contributed by atoms with van der Waals surface area (Å²) in [6, 6.07) is 4.14. The molecule has 0 unspecified atom stereocenters. The van der Waals surface area contributed by atoms with Gasteiger partial charge in [-0.25, -0.2) is 17.9 Å². The van der Waals surface area contributed by atoms with Crippen molar-refractivity contribution in [2.75, 3.05) is 0 Å². The maximum absolute atomic E-state index is 11.9. The lowest BCUT2D eigenvalue weighted by Crippen LogP contribution is -2.22. The summed E-state index contributed by atoms with van der Waals surface area (Å²) in [5.41, 5.74) is 0. The van der Waals surface area contributed by atoms with Crippen LogP contribution in [0.25, 0.3) is 0 Å². The van der Waals surface area contributed by atoms with Crippen molar-refractivity contribution in [3.05, 3.63) is 39.4 Å². The Hall–Kier alpha value is -1.35. The highest BCUT2D eigenvalue weighted by atomic mass is 35.5. The number of furan rings is 1. The van der Waals surface area contributed by atoms with Crippen LogP contribution in [0.1, 0.15) is 15.4 Å². The van der Waals surface area contributed by atoms with Gasteiger partial charge in [-0.3, -0.25) is 0 Å². The fourth-order valence-electron chi connectivity index (χ4n) is 1.27. The van der Waals surface area contributed by atoms with E-state index in [-0.39, 0.29) is 21.5 Å². The third-order valence-electron chi connectivity index (χ3n) is 2.16. The lowest BCUT2D eigenvalue weighted by atomic mass is 10.5. The van der Waals surface area contributed by atoms with Crippen LogP contribution in [0.4, 0.5) is 0 Å². The second-order valence-corrected chi connectivity index (χ2v) is 6.53. The van der Waals surface area contributed by atoms with E-state index in [9.17, 15) is 13.2 Å². The first-order valence-electron chi connectivity index (χ1n) is 4.94. The summed E-state index contributed by atoms with van der Waals surface area (Å²) in [5.74, 6) is -0.800. The molecule has 0 aliphatic heterocycles. The summed E-state index contributed by atoms with van der Waals surface area (Å²) >= 11 is 6.41. The van der Waals surface area contributed by atoms with Crippen LogP contribution in [0.3, 0.4) is 0 Å². The zero-order chi connectivity index (χ0) is 14.0. The molecule has 0 saturated heterocycles. The van der Waals surface area contributed by atoms with Crippen molar-refractivity contribution in [2.45, 2.75) is 11.4 Å². The number of hydrogen-bond donors (Lipinski definition) is 2. The molecule has 2 aromatic rings. The van der Waals surface area contributed by atoms with Gasteiger partial charge in [0.25, 0.3) is 0 Å². The predicted octanol–water partition coefficient (Wildman–Crippen LogP) is 2.17. The average molecular weight is 322 g/mol. The van der Waals surface area contributed by atoms with Gasteiger partial charge in [-0.15, -0.1) is 11.3 Å². The van der Waals surface area contributed by atoms with Crippen molar-refractivity contribution in [2.24, 2.45) is 0 Å². The zero-order valence-corrected chi connectivity index (χ0v) is 11.7. The minimum atomic E-state index is -3.77. The van der Waals surface area contributed by atoms with Gasteiger partial charge in [0.15, 0.2) is 5.22 Å². The van der Waals surface area contributed by atoms with Crippen LogP contribution in [0, 0.1) is 0 Å². The number of carboxylic acids is 1. The fourth-order valence-corrected chi connectivity index (χ4v) is 3.53. The van der Waals surface area contributed by atoms with Gasteiger partial charge in [0.05, 0.1) is 11.4 Å². The number of aromatic carboxylic acids is 1. The molecule has 9 heteroatoms. The van der Waals surface area contributed by atoms with E-state index in [2.05, 4.69) is 4.72 Å². The van der Waals surface area contributed by atoms with Crippen LogP contribution in [0.5, 0.6) is 0 Å². The molecule has 0 atom stereocenters. The van der Waals surface area contributed by atoms with Crippen LogP contribution in [-0.2, 0) is 16.6 Å². The third-order valence-corrected chi connectivity index (χ3v) is 4.81. The number of rotatable bonds is 5. The van der Waals surface area contributed by atoms with E-state index in [1.165, 1.54) is 11.4 Å². The van der Waals surface area contributed by atoms with Gasteiger partial charge in [0, 0.05) is 5.38 Å². The van der Waals surface area contributed by atoms with Gasteiger partial charge in [0.1, 0.15) is 10.6 Å². The molecular formula is C10H8ClNO5S2. The summed E-state index contributed by atoms with van der Waals surface area (Å²) in [5, 5.41) is 10.2. The molecule has 6 nitrogen and oxygen atoms in total. The monoisotopic (exact) mass is 321 g/mol. The summed E-state index contributed by atoms with van der Waals surface area (Å²) in [4.78, 5) is 10.6. The molecular weight excluding hydrogens is 314 g/mol. The number of carbonyl (C=O) groups is 1. The minimum Gasteiger partial charge on any atom is -0.477 e. The molecule has 2 N–H and O–H groups in total. The molecule has 0 fully saturated rings. The van der Waals surface area contributed by atoms with Gasteiger partial charge < -0.3 is 9.52 Å². The molecule has 0 amide bonds. The predicted molar refractivity (Wildman–Crippen MR) is 69.0 cm³/mol. The Balaban J connectivity index is 2.11. The Morgan fingerprint density at radius 1 is 1.47 bits per heavy atom. The van der Waals surface area contributed by atoms with Gasteiger partial charge >= 0.3 is 5.97 Å². The van der Waals surface area contributed by atoms with Crippen LogP contribution < -0.4 is 4.72 Å². The fraction of sp³-hybridized carbons (Fsp3) is 0.100. The van der Waals surface area contributed by atoms with Crippen LogP contribution in [0.2, 0.25) is 5.22 Å². The molecule has 2 rings (SSSR count). The van der Waals surface area contributed by atoms with Crippen molar-refractivity contribution in [3.63, 3.8) is 0 Å². The number of nitrogens with one attached hydrogen (secondary N) is 1. The molecule has 0 bridgehead atoms. The molecule has 0 saturated carbocycles. The Bertz CT molecular complexity index is 703. The summed E-state index contributed by atoms with van der Waals surface area (Å²) in [6.45, 7) is -0.0622. The standard InChI is InChI=1S/C10H8ClNO5S2/c11-9-2-1-6(17-9)4-12-19(15,16)7-3-8(10(13)14)18-5-7/h1-3,5,12H,4H2,(H,13,14). The quantitative estimate of drug-likeness (QED) is 0.879.